The van der Waals surface area contributed by atoms with Crippen LogP contribution in [0.3, 0.4) is 0 Å². The Balaban J connectivity index is 2.34. The van der Waals surface area contributed by atoms with Crippen LogP contribution in [-0.4, -0.2) is 17.1 Å². The molecule has 0 bridgehead atoms. The first-order valence-corrected chi connectivity index (χ1v) is 5.11. The lowest BCUT2D eigenvalue weighted by Crippen LogP contribution is -2.14. The summed E-state index contributed by atoms with van der Waals surface area (Å²) in [6.45, 7) is 2.01. The van der Waals surface area contributed by atoms with E-state index in [0.717, 1.165) is 22.7 Å². The number of nitrogens with two attached hydrogens (primary N) is 1. The minimum Gasteiger partial charge on any atom is -0.497 e. The summed E-state index contributed by atoms with van der Waals surface area (Å²) < 4.78 is 5.16. The Bertz CT molecular complexity index is 465. The second-order valence-corrected chi connectivity index (χ2v) is 3.67. The predicted molar refractivity (Wildman–Crippen MR) is 62.3 cm³/mol. The maximum absolute atomic E-state index is 6.12. The Morgan fingerprint density at radius 3 is 2.81 bits per heavy atom. The Morgan fingerprint density at radius 1 is 1.44 bits per heavy atom. The molecule has 0 aliphatic heterocycles. The lowest BCUT2D eigenvalue weighted by atomic mass is 10.0. The molecular weight excluding hydrogens is 202 g/mol. The van der Waals surface area contributed by atoms with Crippen LogP contribution in [0.15, 0.2) is 30.6 Å². The number of hydrogen-bond acceptors (Lipinski definition) is 3. The summed E-state index contributed by atoms with van der Waals surface area (Å²) in [7, 11) is 1.65. The van der Waals surface area contributed by atoms with E-state index in [4.69, 9.17) is 10.5 Å². The summed E-state index contributed by atoms with van der Waals surface area (Å²) in [6, 6.07) is 5.63. The molecule has 4 nitrogen and oxygen atoms in total. The van der Waals surface area contributed by atoms with Gasteiger partial charge in [-0.05, 0) is 30.2 Å². The minimum atomic E-state index is -0.221. The number of benzene rings is 1. The average molecular weight is 217 g/mol. The highest BCUT2D eigenvalue weighted by Crippen LogP contribution is 2.23. The molecule has 0 fully saturated rings. The molecule has 0 aliphatic rings. The first kappa shape index (κ1) is 10.7. The van der Waals surface area contributed by atoms with Crippen LogP contribution in [0.4, 0.5) is 0 Å². The second-order valence-electron chi connectivity index (χ2n) is 3.67. The number of H-pyrrole nitrogens is 1. The fourth-order valence-electron chi connectivity index (χ4n) is 1.72. The minimum absolute atomic E-state index is 0.221. The highest BCUT2D eigenvalue weighted by Gasteiger charge is 2.13. The monoisotopic (exact) mass is 217 g/mol. The number of aromatic amines is 1. The SMILES string of the molecule is COc1ccc(C(N)c2ncc[nH]2)c(C)c1. The van der Waals surface area contributed by atoms with Gasteiger partial charge in [0.15, 0.2) is 0 Å². The topological polar surface area (TPSA) is 63.9 Å². The molecule has 1 aromatic carbocycles. The van der Waals surface area contributed by atoms with Gasteiger partial charge in [-0.15, -0.1) is 0 Å². The van der Waals surface area contributed by atoms with Crippen LogP contribution < -0.4 is 10.5 Å². The molecule has 4 heteroatoms. The van der Waals surface area contributed by atoms with Gasteiger partial charge < -0.3 is 15.5 Å². The number of ether oxygens (including phenoxy) is 1. The molecule has 0 spiro atoms. The number of imidazole rings is 1. The molecule has 1 aromatic heterocycles. The maximum atomic E-state index is 6.12. The van der Waals surface area contributed by atoms with Gasteiger partial charge in [0.2, 0.25) is 0 Å². The zero-order chi connectivity index (χ0) is 11.5. The van der Waals surface area contributed by atoms with Crippen molar-refractivity contribution in [1.82, 2.24) is 9.97 Å². The number of nitrogens with zero attached hydrogens (tertiary/aromatic N) is 1. The summed E-state index contributed by atoms with van der Waals surface area (Å²) in [5.41, 5.74) is 8.27. The summed E-state index contributed by atoms with van der Waals surface area (Å²) in [5.74, 6) is 1.61. The van der Waals surface area contributed by atoms with Crippen molar-refractivity contribution in [1.29, 1.82) is 0 Å². The van der Waals surface area contributed by atoms with E-state index in [1.807, 2.05) is 25.1 Å². The Labute approximate surface area is 94.5 Å². The molecule has 0 saturated heterocycles. The van der Waals surface area contributed by atoms with E-state index in [1.165, 1.54) is 0 Å². The van der Waals surface area contributed by atoms with E-state index < -0.39 is 0 Å². The van der Waals surface area contributed by atoms with E-state index in [9.17, 15) is 0 Å². The lowest BCUT2D eigenvalue weighted by molar-refractivity contribution is 0.414. The Hall–Kier alpha value is -1.81. The van der Waals surface area contributed by atoms with Crippen LogP contribution in [0.1, 0.15) is 23.0 Å². The van der Waals surface area contributed by atoms with Gasteiger partial charge in [0.1, 0.15) is 11.6 Å². The van der Waals surface area contributed by atoms with Gasteiger partial charge in [0.05, 0.1) is 13.2 Å². The Morgan fingerprint density at radius 2 is 2.25 bits per heavy atom. The number of methoxy groups -OCH3 is 1. The van der Waals surface area contributed by atoms with E-state index in [-0.39, 0.29) is 6.04 Å². The van der Waals surface area contributed by atoms with Crippen LogP contribution in [0.25, 0.3) is 0 Å². The molecule has 1 atom stereocenters. The highest BCUT2D eigenvalue weighted by atomic mass is 16.5. The van der Waals surface area contributed by atoms with Gasteiger partial charge in [0, 0.05) is 12.4 Å². The third kappa shape index (κ3) is 1.92. The number of rotatable bonds is 3. The molecule has 3 N–H and O–H groups in total. The first-order chi connectivity index (χ1) is 7.72. The quantitative estimate of drug-likeness (QED) is 0.823. The summed E-state index contributed by atoms with van der Waals surface area (Å²) in [4.78, 5) is 7.19. The van der Waals surface area contributed by atoms with E-state index in [0.29, 0.717) is 0 Å². The van der Waals surface area contributed by atoms with Crippen molar-refractivity contribution in [2.75, 3.05) is 7.11 Å². The second kappa shape index (κ2) is 4.37. The molecule has 84 valence electrons. The van der Waals surface area contributed by atoms with Crippen molar-refractivity contribution in [3.05, 3.63) is 47.5 Å². The van der Waals surface area contributed by atoms with Crippen LogP contribution in [0.2, 0.25) is 0 Å². The largest absolute Gasteiger partial charge is 0.497 e. The van der Waals surface area contributed by atoms with Crippen LogP contribution >= 0.6 is 0 Å². The van der Waals surface area contributed by atoms with E-state index >= 15 is 0 Å². The van der Waals surface area contributed by atoms with Gasteiger partial charge in [-0.25, -0.2) is 4.98 Å². The number of hydrogen-bond donors (Lipinski definition) is 2. The number of aryl methyl sites for hydroxylation is 1. The van der Waals surface area contributed by atoms with Gasteiger partial charge in [-0.1, -0.05) is 6.07 Å². The smallest absolute Gasteiger partial charge is 0.127 e. The highest BCUT2D eigenvalue weighted by molar-refractivity contribution is 5.38. The maximum Gasteiger partial charge on any atom is 0.127 e. The molecule has 2 aromatic rings. The molecule has 1 unspecified atom stereocenters. The van der Waals surface area contributed by atoms with Gasteiger partial charge in [-0.2, -0.15) is 0 Å². The molecule has 16 heavy (non-hydrogen) atoms. The van der Waals surface area contributed by atoms with Crippen molar-refractivity contribution in [3.63, 3.8) is 0 Å². The zero-order valence-electron chi connectivity index (χ0n) is 9.40. The number of nitrogens with one attached hydrogen (secondary N) is 1. The third-order valence-corrected chi connectivity index (χ3v) is 2.63. The molecule has 0 radical (unpaired) electrons. The van der Waals surface area contributed by atoms with Crippen molar-refractivity contribution < 1.29 is 4.74 Å². The predicted octanol–water partition coefficient (Wildman–Crippen LogP) is 1.77. The van der Waals surface area contributed by atoms with Crippen molar-refractivity contribution in [2.45, 2.75) is 13.0 Å². The first-order valence-electron chi connectivity index (χ1n) is 5.11. The van der Waals surface area contributed by atoms with Gasteiger partial charge >= 0.3 is 0 Å². The molecule has 2 rings (SSSR count). The fourth-order valence-corrected chi connectivity index (χ4v) is 1.72. The molecular formula is C12H15N3O. The average Bonchev–Trinajstić information content (AvgIpc) is 2.81. The standard InChI is InChI=1S/C12H15N3O/c1-8-7-9(16-2)3-4-10(8)11(13)12-14-5-6-15-12/h3-7,11H,13H2,1-2H3,(H,14,15). The van der Waals surface area contributed by atoms with Crippen LogP contribution in [-0.2, 0) is 0 Å². The normalized spacial score (nSPS) is 12.4. The molecule has 0 saturated carbocycles. The molecule has 1 heterocycles. The zero-order valence-corrected chi connectivity index (χ0v) is 9.40. The van der Waals surface area contributed by atoms with Crippen molar-refractivity contribution in [3.8, 4) is 5.75 Å². The summed E-state index contributed by atoms with van der Waals surface area (Å²) in [6.07, 6.45) is 3.47. The lowest BCUT2D eigenvalue weighted by Gasteiger charge is -2.13. The van der Waals surface area contributed by atoms with E-state index in [1.54, 1.807) is 19.5 Å². The van der Waals surface area contributed by atoms with E-state index in [2.05, 4.69) is 9.97 Å². The summed E-state index contributed by atoms with van der Waals surface area (Å²) in [5, 5.41) is 0. The summed E-state index contributed by atoms with van der Waals surface area (Å²) >= 11 is 0. The Kier molecular flexibility index (Phi) is 2.92. The van der Waals surface area contributed by atoms with Gasteiger partial charge in [-0.3, -0.25) is 0 Å². The fraction of sp³-hybridized carbons (Fsp3) is 0.250. The number of aromatic nitrogens is 2. The van der Waals surface area contributed by atoms with Crippen molar-refractivity contribution in [2.24, 2.45) is 5.73 Å². The van der Waals surface area contributed by atoms with Crippen LogP contribution in [0.5, 0.6) is 5.75 Å². The third-order valence-electron chi connectivity index (χ3n) is 2.63. The molecule has 0 amide bonds. The van der Waals surface area contributed by atoms with Crippen molar-refractivity contribution >= 4 is 0 Å². The van der Waals surface area contributed by atoms with Crippen LogP contribution in [0, 0.1) is 6.92 Å². The molecule has 0 aliphatic carbocycles. The van der Waals surface area contributed by atoms with Gasteiger partial charge in [0.25, 0.3) is 0 Å².